The van der Waals surface area contributed by atoms with Crippen molar-refractivity contribution in [3.8, 4) is 6.01 Å². The SMILES string of the molecule is CCOc1nc(Cl)nc(N(C)Cc2ccc(F)cc2)n1. The van der Waals surface area contributed by atoms with Crippen LogP contribution in [-0.2, 0) is 6.54 Å². The Bertz CT molecular complexity index is 579. The predicted molar refractivity (Wildman–Crippen MR) is 74.5 cm³/mol. The number of hydrogen-bond acceptors (Lipinski definition) is 5. The van der Waals surface area contributed by atoms with Gasteiger partial charge in [-0.2, -0.15) is 15.0 Å². The molecule has 0 bridgehead atoms. The Morgan fingerprint density at radius 1 is 1.20 bits per heavy atom. The van der Waals surface area contributed by atoms with Gasteiger partial charge in [0.25, 0.3) is 0 Å². The Hall–Kier alpha value is -1.95. The topological polar surface area (TPSA) is 51.1 Å². The molecule has 0 fully saturated rings. The van der Waals surface area contributed by atoms with Gasteiger partial charge >= 0.3 is 6.01 Å². The van der Waals surface area contributed by atoms with E-state index in [1.165, 1.54) is 12.1 Å². The second-order valence-corrected chi connectivity index (χ2v) is 4.44. The van der Waals surface area contributed by atoms with Gasteiger partial charge in [-0.3, -0.25) is 0 Å². The molecule has 106 valence electrons. The smallest absolute Gasteiger partial charge is 0.322 e. The highest BCUT2D eigenvalue weighted by Crippen LogP contribution is 2.16. The summed E-state index contributed by atoms with van der Waals surface area (Å²) in [4.78, 5) is 13.9. The van der Waals surface area contributed by atoms with Crippen LogP contribution in [0.15, 0.2) is 24.3 Å². The molecule has 5 nitrogen and oxygen atoms in total. The molecule has 0 saturated carbocycles. The molecule has 0 N–H and O–H groups in total. The van der Waals surface area contributed by atoms with E-state index in [-0.39, 0.29) is 17.1 Å². The molecule has 0 amide bonds. The van der Waals surface area contributed by atoms with E-state index in [4.69, 9.17) is 16.3 Å². The molecule has 0 saturated heterocycles. The number of nitrogens with zero attached hydrogens (tertiary/aromatic N) is 4. The number of ether oxygens (including phenoxy) is 1. The van der Waals surface area contributed by atoms with E-state index in [0.29, 0.717) is 19.1 Å². The van der Waals surface area contributed by atoms with Crippen LogP contribution in [0.3, 0.4) is 0 Å². The molecular formula is C13H14ClFN4O. The Kier molecular flexibility index (Phi) is 4.68. The number of benzene rings is 1. The number of halogens is 2. The summed E-state index contributed by atoms with van der Waals surface area (Å²) in [5, 5.41) is 0.0735. The average molecular weight is 297 g/mol. The van der Waals surface area contributed by atoms with Crippen molar-refractivity contribution in [2.45, 2.75) is 13.5 Å². The van der Waals surface area contributed by atoms with Crippen molar-refractivity contribution < 1.29 is 9.13 Å². The molecule has 2 rings (SSSR count). The van der Waals surface area contributed by atoms with Crippen molar-refractivity contribution in [3.05, 3.63) is 40.9 Å². The summed E-state index contributed by atoms with van der Waals surface area (Å²) in [6.07, 6.45) is 0. The molecular weight excluding hydrogens is 283 g/mol. The fourth-order valence-electron chi connectivity index (χ4n) is 1.62. The molecule has 2 aromatic rings. The molecule has 0 spiro atoms. The third-order valence-corrected chi connectivity index (χ3v) is 2.69. The molecule has 1 aromatic carbocycles. The van der Waals surface area contributed by atoms with Gasteiger partial charge in [0, 0.05) is 13.6 Å². The van der Waals surface area contributed by atoms with Crippen molar-refractivity contribution in [3.63, 3.8) is 0 Å². The van der Waals surface area contributed by atoms with Gasteiger partial charge in [0.15, 0.2) is 0 Å². The van der Waals surface area contributed by atoms with Gasteiger partial charge in [-0.05, 0) is 36.2 Å². The maximum atomic E-state index is 12.9. The first kappa shape index (κ1) is 14.5. The molecule has 0 radical (unpaired) electrons. The Labute approximate surface area is 121 Å². The Morgan fingerprint density at radius 3 is 2.55 bits per heavy atom. The lowest BCUT2D eigenvalue weighted by atomic mass is 10.2. The first-order chi connectivity index (χ1) is 9.58. The normalized spacial score (nSPS) is 10.4. The van der Waals surface area contributed by atoms with Crippen LogP contribution in [0.4, 0.5) is 10.3 Å². The zero-order valence-corrected chi connectivity index (χ0v) is 11.9. The van der Waals surface area contributed by atoms with Gasteiger partial charge in [0.05, 0.1) is 6.61 Å². The van der Waals surface area contributed by atoms with Crippen molar-refractivity contribution in [2.75, 3.05) is 18.6 Å². The number of anilines is 1. The molecule has 0 aliphatic rings. The molecule has 0 unspecified atom stereocenters. The first-order valence-corrected chi connectivity index (χ1v) is 6.46. The summed E-state index contributed by atoms with van der Waals surface area (Å²) in [5.74, 6) is 0.135. The predicted octanol–water partition coefficient (Wildman–Crippen LogP) is 2.70. The Morgan fingerprint density at radius 2 is 1.90 bits per heavy atom. The van der Waals surface area contributed by atoms with Gasteiger partial charge in [0.1, 0.15) is 5.82 Å². The maximum Gasteiger partial charge on any atom is 0.322 e. The van der Waals surface area contributed by atoms with Crippen LogP contribution < -0.4 is 9.64 Å². The highest BCUT2D eigenvalue weighted by molar-refractivity contribution is 6.28. The highest BCUT2D eigenvalue weighted by atomic mass is 35.5. The van der Waals surface area contributed by atoms with Crippen LogP contribution in [0.5, 0.6) is 6.01 Å². The van der Waals surface area contributed by atoms with Crippen LogP contribution in [0.25, 0.3) is 0 Å². The highest BCUT2D eigenvalue weighted by Gasteiger charge is 2.10. The first-order valence-electron chi connectivity index (χ1n) is 6.08. The van der Waals surface area contributed by atoms with Crippen LogP contribution in [-0.4, -0.2) is 28.6 Å². The van der Waals surface area contributed by atoms with E-state index in [1.54, 1.807) is 17.0 Å². The molecule has 1 heterocycles. The third kappa shape index (κ3) is 3.77. The maximum absolute atomic E-state index is 12.9. The Balaban J connectivity index is 2.15. The minimum Gasteiger partial charge on any atom is -0.464 e. The van der Waals surface area contributed by atoms with Crippen molar-refractivity contribution in [1.82, 2.24) is 15.0 Å². The van der Waals surface area contributed by atoms with Crippen molar-refractivity contribution in [2.24, 2.45) is 0 Å². The van der Waals surface area contributed by atoms with E-state index in [9.17, 15) is 4.39 Å². The molecule has 0 aliphatic heterocycles. The minimum absolute atomic E-state index is 0.0735. The fourth-order valence-corrected chi connectivity index (χ4v) is 1.77. The number of rotatable bonds is 5. The van der Waals surface area contributed by atoms with Gasteiger partial charge in [0.2, 0.25) is 11.2 Å². The van der Waals surface area contributed by atoms with Crippen LogP contribution in [0, 0.1) is 5.82 Å². The van der Waals surface area contributed by atoms with E-state index in [0.717, 1.165) is 5.56 Å². The standard InChI is InChI=1S/C13H14ClFN4O/c1-3-20-13-17-11(14)16-12(18-13)19(2)8-9-4-6-10(15)7-5-9/h4-7H,3,8H2,1-2H3. The second kappa shape index (κ2) is 6.47. The summed E-state index contributed by atoms with van der Waals surface area (Å²) in [5.41, 5.74) is 0.934. The van der Waals surface area contributed by atoms with Crippen molar-refractivity contribution >= 4 is 17.5 Å². The van der Waals surface area contributed by atoms with Gasteiger partial charge in [-0.15, -0.1) is 0 Å². The molecule has 0 aliphatic carbocycles. The summed E-state index contributed by atoms with van der Waals surface area (Å²) < 4.78 is 18.1. The quantitative estimate of drug-likeness (QED) is 0.849. The van der Waals surface area contributed by atoms with Gasteiger partial charge in [-0.1, -0.05) is 12.1 Å². The summed E-state index contributed by atoms with van der Waals surface area (Å²) in [6.45, 7) is 2.80. The minimum atomic E-state index is -0.266. The average Bonchev–Trinajstić information content (AvgIpc) is 2.41. The zero-order valence-electron chi connectivity index (χ0n) is 11.2. The molecule has 20 heavy (non-hydrogen) atoms. The second-order valence-electron chi connectivity index (χ2n) is 4.10. The van der Waals surface area contributed by atoms with E-state index in [1.807, 2.05) is 14.0 Å². The van der Waals surface area contributed by atoms with Crippen LogP contribution >= 0.6 is 11.6 Å². The third-order valence-electron chi connectivity index (χ3n) is 2.52. The fraction of sp³-hybridized carbons (Fsp3) is 0.308. The summed E-state index contributed by atoms with van der Waals surface area (Å²) >= 11 is 5.84. The molecule has 1 aromatic heterocycles. The molecule has 0 atom stereocenters. The van der Waals surface area contributed by atoms with E-state index in [2.05, 4.69) is 15.0 Å². The lowest BCUT2D eigenvalue weighted by Crippen LogP contribution is -2.20. The summed E-state index contributed by atoms with van der Waals surface area (Å²) in [7, 11) is 1.81. The number of hydrogen-bond donors (Lipinski definition) is 0. The lowest BCUT2D eigenvalue weighted by molar-refractivity contribution is 0.311. The van der Waals surface area contributed by atoms with E-state index < -0.39 is 0 Å². The number of aromatic nitrogens is 3. The van der Waals surface area contributed by atoms with E-state index >= 15 is 0 Å². The largest absolute Gasteiger partial charge is 0.464 e. The monoisotopic (exact) mass is 296 g/mol. The van der Waals surface area contributed by atoms with Crippen molar-refractivity contribution in [1.29, 1.82) is 0 Å². The zero-order chi connectivity index (χ0) is 14.5. The van der Waals surface area contributed by atoms with Crippen LogP contribution in [0.2, 0.25) is 5.28 Å². The summed E-state index contributed by atoms with van der Waals surface area (Å²) in [6, 6.07) is 6.43. The van der Waals surface area contributed by atoms with Gasteiger partial charge < -0.3 is 9.64 Å². The molecule has 7 heteroatoms. The van der Waals surface area contributed by atoms with Crippen LogP contribution in [0.1, 0.15) is 12.5 Å². The van der Waals surface area contributed by atoms with Gasteiger partial charge in [-0.25, -0.2) is 4.39 Å². The lowest BCUT2D eigenvalue weighted by Gasteiger charge is -2.17.